The molecule has 3 aromatic rings. The van der Waals surface area contributed by atoms with Gasteiger partial charge in [-0.3, -0.25) is 4.90 Å². The number of nitrogens with zero attached hydrogens (tertiary/aromatic N) is 2. The molecule has 0 saturated carbocycles. The van der Waals surface area contributed by atoms with E-state index in [0.29, 0.717) is 12.1 Å². The molecule has 0 atom stereocenters. The fraction of sp³-hybridized carbons (Fsp3) is 0.471. The molecular weight excluding hydrogens is 262 g/mol. The van der Waals surface area contributed by atoms with Gasteiger partial charge >= 0.3 is 0 Å². The Morgan fingerprint density at radius 2 is 1.95 bits per heavy atom. The third kappa shape index (κ3) is 2.56. The van der Waals surface area contributed by atoms with E-state index in [1.54, 1.807) is 0 Å². The van der Waals surface area contributed by atoms with Gasteiger partial charge in [0.05, 0.1) is 0 Å². The maximum atomic E-state index is 5.42. The van der Waals surface area contributed by atoms with E-state index in [2.05, 4.69) is 54.8 Å². The molecule has 4 heteroatoms. The number of H-pyrrole nitrogens is 1. The molecule has 0 bridgehead atoms. The van der Waals surface area contributed by atoms with E-state index in [1.165, 1.54) is 17.3 Å². The van der Waals surface area contributed by atoms with Gasteiger partial charge in [0.1, 0.15) is 5.52 Å². The molecule has 0 unspecified atom stereocenters. The van der Waals surface area contributed by atoms with Crippen molar-refractivity contribution in [3.05, 3.63) is 30.3 Å². The predicted molar refractivity (Wildman–Crippen MR) is 86.5 cm³/mol. The van der Waals surface area contributed by atoms with Crippen LogP contribution in [0.25, 0.3) is 22.0 Å². The van der Waals surface area contributed by atoms with E-state index in [4.69, 9.17) is 4.42 Å². The monoisotopic (exact) mass is 285 g/mol. The zero-order valence-electron chi connectivity index (χ0n) is 13.2. The SMILES string of the molecule is CC(C)N(CCc1c[nH]c2ccc3ocnc3c12)C(C)C. The van der Waals surface area contributed by atoms with Crippen molar-refractivity contribution in [2.24, 2.45) is 0 Å². The van der Waals surface area contributed by atoms with E-state index in [1.807, 2.05) is 6.07 Å². The minimum Gasteiger partial charge on any atom is -0.443 e. The van der Waals surface area contributed by atoms with E-state index in [0.717, 1.165) is 29.6 Å². The highest BCUT2D eigenvalue weighted by molar-refractivity contribution is 6.04. The highest BCUT2D eigenvalue weighted by atomic mass is 16.3. The van der Waals surface area contributed by atoms with Crippen LogP contribution in [0.3, 0.4) is 0 Å². The van der Waals surface area contributed by atoms with Crippen LogP contribution in [0.1, 0.15) is 33.3 Å². The largest absolute Gasteiger partial charge is 0.443 e. The molecule has 4 nitrogen and oxygen atoms in total. The number of nitrogens with one attached hydrogen (secondary N) is 1. The summed E-state index contributed by atoms with van der Waals surface area (Å²) in [6, 6.07) is 5.15. The first-order valence-corrected chi connectivity index (χ1v) is 7.66. The summed E-state index contributed by atoms with van der Waals surface area (Å²) in [7, 11) is 0. The molecule has 2 aromatic heterocycles. The minimum atomic E-state index is 0.558. The van der Waals surface area contributed by atoms with Crippen molar-refractivity contribution in [2.45, 2.75) is 46.2 Å². The summed E-state index contributed by atoms with van der Waals surface area (Å²) < 4.78 is 5.42. The molecule has 21 heavy (non-hydrogen) atoms. The maximum absolute atomic E-state index is 5.42. The van der Waals surface area contributed by atoms with Crippen LogP contribution in [0.15, 0.2) is 29.1 Å². The molecule has 0 saturated heterocycles. The highest BCUT2D eigenvalue weighted by Gasteiger charge is 2.15. The second-order valence-corrected chi connectivity index (χ2v) is 6.18. The molecule has 3 rings (SSSR count). The number of rotatable bonds is 5. The highest BCUT2D eigenvalue weighted by Crippen LogP contribution is 2.27. The van der Waals surface area contributed by atoms with Crippen molar-refractivity contribution in [2.75, 3.05) is 6.54 Å². The Bertz CT molecular complexity index is 731. The first-order chi connectivity index (χ1) is 10.1. The Morgan fingerprint density at radius 3 is 2.67 bits per heavy atom. The van der Waals surface area contributed by atoms with Crippen molar-refractivity contribution in [1.82, 2.24) is 14.9 Å². The number of hydrogen-bond acceptors (Lipinski definition) is 3. The van der Waals surface area contributed by atoms with Crippen molar-refractivity contribution in [3.8, 4) is 0 Å². The molecule has 0 aliphatic heterocycles. The van der Waals surface area contributed by atoms with Crippen molar-refractivity contribution in [1.29, 1.82) is 0 Å². The van der Waals surface area contributed by atoms with Gasteiger partial charge in [0.25, 0.3) is 0 Å². The molecule has 0 radical (unpaired) electrons. The maximum Gasteiger partial charge on any atom is 0.182 e. The van der Waals surface area contributed by atoms with Crippen molar-refractivity contribution >= 4 is 22.0 Å². The molecule has 1 aromatic carbocycles. The number of oxazole rings is 1. The third-order valence-electron chi connectivity index (χ3n) is 4.19. The number of benzene rings is 1. The summed E-state index contributed by atoms with van der Waals surface area (Å²) >= 11 is 0. The Balaban J connectivity index is 1.92. The average molecular weight is 285 g/mol. The van der Waals surface area contributed by atoms with Crippen molar-refractivity contribution in [3.63, 3.8) is 0 Å². The summed E-state index contributed by atoms with van der Waals surface area (Å²) in [5.74, 6) is 0. The predicted octanol–water partition coefficient (Wildman–Crippen LogP) is 3.97. The van der Waals surface area contributed by atoms with Gasteiger partial charge in [-0.2, -0.15) is 0 Å². The van der Waals surface area contributed by atoms with Gasteiger partial charge in [0, 0.05) is 35.7 Å². The Morgan fingerprint density at radius 1 is 1.19 bits per heavy atom. The third-order valence-corrected chi connectivity index (χ3v) is 4.19. The van der Waals surface area contributed by atoms with Crippen LogP contribution in [0.4, 0.5) is 0 Å². The van der Waals surface area contributed by atoms with Crippen LogP contribution in [0.2, 0.25) is 0 Å². The average Bonchev–Trinajstić information content (AvgIpc) is 3.03. The van der Waals surface area contributed by atoms with E-state index < -0.39 is 0 Å². The van der Waals surface area contributed by atoms with Gasteiger partial charge in [0.15, 0.2) is 12.0 Å². The quantitative estimate of drug-likeness (QED) is 0.771. The van der Waals surface area contributed by atoms with Crippen LogP contribution in [-0.4, -0.2) is 33.5 Å². The topological polar surface area (TPSA) is 45.1 Å². The smallest absolute Gasteiger partial charge is 0.182 e. The van der Waals surface area contributed by atoms with Gasteiger partial charge in [-0.1, -0.05) is 0 Å². The summed E-state index contributed by atoms with van der Waals surface area (Å²) in [5, 5.41) is 1.20. The summed E-state index contributed by atoms with van der Waals surface area (Å²) in [6.07, 6.45) is 4.65. The first kappa shape index (κ1) is 14.1. The van der Waals surface area contributed by atoms with Crippen molar-refractivity contribution < 1.29 is 4.42 Å². The zero-order valence-corrected chi connectivity index (χ0v) is 13.2. The lowest BCUT2D eigenvalue weighted by atomic mass is 10.1. The lowest BCUT2D eigenvalue weighted by Gasteiger charge is -2.30. The molecule has 0 spiro atoms. The Labute approximate surface area is 125 Å². The first-order valence-electron chi connectivity index (χ1n) is 7.66. The van der Waals surface area contributed by atoms with Crippen LogP contribution in [-0.2, 0) is 6.42 Å². The second kappa shape index (κ2) is 5.53. The van der Waals surface area contributed by atoms with Crippen LogP contribution in [0, 0.1) is 0 Å². The summed E-state index contributed by atoms with van der Waals surface area (Å²) in [5.41, 5.74) is 4.26. The number of aromatic amines is 1. The lowest BCUT2D eigenvalue weighted by molar-refractivity contribution is 0.177. The van der Waals surface area contributed by atoms with Gasteiger partial charge in [0.2, 0.25) is 0 Å². The lowest BCUT2D eigenvalue weighted by Crippen LogP contribution is -2.38. The second-order valence-electron chi connectivity index (χ2n) is 6.18. The van der Waals surface area contributed by atoms with Gasteiger partial charge in [-0.05, 0) is 51.8 Å². The Hall–Kier alpha value is -1.81. The molecule has 1 N–H and O–H groups in total. The number of fused-ring (bicyclic) bond motifs is 3. The standard InChI is InChI=1S/C17H23N3O/c1-11(2)20(12(3)4)8-7-13-9-18-14-5-6-15-17(16(13)14)19-10-21-15/h5-6,9-12,18H,7-8H2,1-4H3. The summed E-state index contributed by atoms with van der Waals surface area (Å²) in [4.78, 5) is 10.2. The van der Waals surface area contributed by atoms with Crippen LogP contribution < -0.4 is 0 Å². The van der Waals surface area contributed by atoms with E-state index in [-0.39, 0.29) is 0 Å². The number of aromatic nitrogens is 2. The minimum absolute atomic E-state index is 0.558. The molecule has 0 aliphatic carbocycles. The van der Waals surface area contributed by atoms with E-state index in [9.17, 15) is 0 Å². The van der Waals surface area contributed by atoms with E-state index >= 15 is 0 Å². The molecular formula is C17H23N3O. The number of hydrogen-bond donors (Lipinski definition) is 1. The fourth-order valence-corrected chi connectivity index (χ4v) is 3.17. The Kier molecular flexibility index (Phi) is 3.72. The molecule has 112 valence electrons. The summed E-state index contributed by atoms with van der Waals surface area (Å²) in [6.45, 7) is 10.1. The molecule has 0 fully saturated rings. The van der Waals surface area contributed by atoms with Gasteiger partial charge in [-0.25, -0.2) is 4.98 Å². The molecule has 2 heterocycles. The van der Waals surface area contributed by atoms with Gasteiger partial charge in [-0.15, -0.1) is 0 Å². The zero-order chi connectivity index (χ0) is 15.0. The van der Waals surface area contributed by atoms with Gasteiger partial charge < -0.3 is 9.40 Å². The normalized spacial score (nSPS) is 12.5. The fourth-order valence-electron chi connectivity index (χ4n) is 3.17. The van der Waals surface area contributed by atoms with Crippen LogP contribution in [0.5, 0.6) is 0 Å². The molecule has 0 amide bonds. The molecule has 0 aliphatic rings. The van der Waals surface area contributed by atoms with Crippen LogP contribution >= 0.6 is 0 Å².